The summed E-state index contributed by atoms with van der Waals surface area (Å²) in [4.78, 5) is 31.5. The van der Waals surface area contributed by atoms with Gasteiger partial charge in [-0.05, 0) is 67.6 Å². The average Bonchev–Trinajstić information content (AvgIpc) is 3.10. The highest BCUT2D eigenvalue weighted by Crippen LogP contribution is 2.42. The van der Waals surface area contributed by atoms with Crippen molar-refractivity contribution in [1.82, 2.24) is 4.98 Å². The molecule has 1 saturated heterocycles. The van der Waals surface area contributed by atoms with Crippen LogP contribution in [0.2, 0.25) is 0 Å². The van der Waals surface area contributed by atoms with Gasteiger partial charge in [0.1, 0.15) is 23.3 Å². The fourth-order valence-electron chi connectivity index (χ4n) is 3.76. The molecule has 1 fully saturated rings. The summed E-state index contributed by atoms with van der Waals surface area (Å²) in [6.45, 7) is 2.27. The number of ketones is 1. The van der Waals surface area contributed by atoms with Gasteiger partial charge in [-0.3, -0.25) is 19.5 Å². The maximum absolute atomic E-state index is 13.1. The van der Waals surface area contributed by atoms with Crippen LogP contribution in [0.25, 0.3) is 5.76 Å². The highest BCUT2D eigenvalue weighted by atomic mass is 19.4. The van der Waals surface area contributed by atoms with Crippen LogP contribution < -0.4 is 14.4 Å². The van der Waals surface area contributed by atoms with Crippen LogP contribution >= 0.6 is 0 Å². The predicted octanol–water partition coefficient (Wildman–Crippen LogP) is 5.01. The van der Waals surface area contributed by atoms with Gasteiger partial charge in [0.25, 0.3) is 11.7 Å². The SMILES string of the molecule is CCOc1ccc(/C(O)=C2/C(=O)C(=O)N(c3ccc(OC(F)(F)F)cc3)C2c2ccccn2)cc1. The number of Topliss-reactive ketones (excluding diaryl/α,β-unsaturated/α-hetero) is 1. The Morgan fingerprint density at radius 1 is 1.00 bits per heavy atom. The molecule has 7 nitrogen and oxygen atoms in total. The highest BCUT2D eigenvalue weighted by Gasteiger charge is 2.47. The summed E-state index contributed by atoms with van der Waals surface area (Å²) < 4.78 is 46.9. The fourth-order valence-corrected chi connectivity index (χ4v) is 3.76. The number of aromatic nitrogens is 1. The quantitative estimate of drug-likeness (QED) is 0.301. The normalized spacial score (nSPS) is 17.5. The molecule has 0 saturated carbocycles. The van der Waals surface area contributed by atoms with Crippen LogP contribution in [0.4, 0.5) is 18.9 Å². The first-order valence-corrected chi connectivity index (χ1v) is 10.5. The third-order valence-electron chi connectivity index (χ3n) is 5.20. The van der Waals surface area contributed by atoms with E-state index in [0.29, 0.717) is 12.4 Å². The highest BCUT2D eigenvalue weighted by molar-refractivity contribution is 6.51. The number of nitrogens with zero attached hydrogens (tertiary/aromatic N) is 2. The van der Waals surface area contributed by atoms with Crippen LogP contribution in [0.5, 0.6) is 11.5 Å². The average molecular weight is 484 g/mol. The Morgan fingerprint density at radius 3 is 2.23 bits per heavy atom. The summed E-state index contributed by atoms with van der Waals surface area (Å²) in [6.07, 6.45) is -3.41. The van der Waals surface area contributed by atoms with Gasteiger partial charge in [-0.2, -0.15) is 0 Å². The van der Waals surface area contributed by atoms with E-state index in [-0.39, 0.29) is 22.5 Å². The van der Waals surface area contributed by atoms with Crippen molar-refractivity contribution in [2.75, 3.05) is 11.5 Å². The topological polar surface area (TPSA) is 89.0 Å². The van der Waals surface area contributed by atoms with E-state index in [4.69, 9.17) is 4.74 Å². The van der Waals surface area contributed by atoms with E-state index in [2.05, 4.69) is 9.72 Å². The fraction of sp³-hybridized carbons (Fsp3) is 0.160. The number of rotatable bonds is 6. The molecule has 1 N–H and O–H groups in total. The van der Waals surface area contributed by atoms with Crippen molar-refractivity contribution in [3.63, 3.8) is 0 Å². The van der Waals surface area contributed by atoms with Crippen LogP contribution in [0.15, 0.2) is 78.5 Å². The number of pyridine rings is 1. The summed E-state index contributed by atoms with van der Waals surface area (Å²) in [5, 5.41) is 11.1. The first-order chi connectivity index (χ1) is 16.7. The zero-order chi connectivity index (χ0) is 25.2. The number of benzene rings is 2. The molecule has 0 bridgehead atoms. The number of ether oxygens (including phenoxy) is 2. The van der Waals surface area contributed by atoms with Crippen molar-refractivity contribution in [2.24, 2.45) is 0 Å². The molecule has 1 amide bonds. The summed E-state index contributed by atoms with van der Waals surface area (Å²) in [5.74, 6) is -2.25. The number of anilines is 1. The van der Waals surface area contributed by atoms with Crippen LogP contribution in [0, 0.1) is 0 Å². The maximum atomic E-state index is 13.1. The Kier molecular flexibility index (Phi) is 6.46. The van der Waals surface area contributed by atoms with E-state index in [1.54, 1.807) is 42.5 Å². The molecule has 35 heavy (non-hydrogen) atoms. The van der Waals surface area contributed by atoms with Crippen molar-refractivity contribution in [3.8, 4) is 11.5 Å². The second-order valence-electron chi connectivity index (χ2n) is 7.42. The van der Waals surface area contributed by atoms with Crippen molar-refractivity contribution in [1.29, 1.82) is 0 Å². The number of carbonyl (C=O) groups is 2. The Hall–Kier alpha value is -4.34. The molecule has 1 unspecified atom stereocenters. The van der Waals surface area contributed by atoms with Crippen LogP contribution in [-0.2, 0) is 9.59 Å². The number of aliphatic hydroxyl groups is 1. The molecular weight excluding hydrogens is 465 g/mol. The molecule has 1 atom stereocenters. The van der Waals surface area contributed by atoms with E-state index in [1.807, 2.05) is 6.92 Å². The summed E-state index contributed by atoms with van der Waals surface area (Å²) in [6, 6.07) is 14.6. The number of amides is 1. The molecule has 1 aliphatic rings. The lowest BCUT2D eigenvalue weighted by atomic mass is 9.98. The molecule has 0 aliphatic carbocycles. The van der Waals surface area contributed by atoms with E-state index in [9.17, 15) is 27.9 Å². The lowest BCUT2D eigenvalue weighted by Gasteiger charge is -2.24. The largest absolute Gasteiger partial charge is 0.573 e. The third kappa shape index (κ3) is 4.96. The lowest BCUT2D eigenvalue weighted by Crippen LogP contribution is -2.29. The van der Waals surface area contributed by atoms with Crippen molar-refractivity contribution in [3.05, 3.63) is 89.8 Å². The molecular formula is C25H19F3N2O5. The summed E-state index contributed by atoms with van der Waals surface area (Å²) in [5.41, 5.74) is 0.493. The zero-order valence-corrected chi connectivity index (χ0v) is 18.3. The monoisotopic (exact) mass is 484 g/mol. The number of hydrogen-bond donors (Lipinski definition) is 1. The van der Waals surface area contributed by atoms with E-state index in [0.717, 1.165) is 17.0 Å². The van der Waals surface area contributed by atoms with E-state index >= 15 is 0 Å². The first-order valence-electron chi connectivity index (χ1n) is 10.5. The molecule has 2 aromatic carbocycles. The van der Waals surface area contributed by atoms with Crippen LogP contribution in [0.3, 0.4) is 0 Å². The minimum atomic E-state index is -4.88. The van der Waals surface area contributed by atoms with Crippen LogP contribution in [-0.4, -0.2) is 34.8 Å². The van der Waals surface area contributed by atoms with Crippen molar-refractivity contribution >= 4 is 23.1 Å². The molecule has 10 heteroatoms. The predicted molar refractivity (Wildman–Crippen MR) is 120 cm³/mol. The van der Waals surface area contributed by atoms with Gasteiger partial charge >= 0.3 is 6.36 Å². The van der Waals surface area contributed by atoms with Crippen LogP contribution in [0.1, 0.15) is 24.2 Å². The summed E-state index contributed by atoms with van der Waals surface area (Å²) >= 11 is 0. The Bertz CT molecular complexity index is 1260. The van der Waals surface area contributed by atoms with Crippen molar-refractivity contribution in [2.45, 2.75) is 19.3 Å². The summed E-state index contributed by atoms with van der Waals surface area (Å²) in [7, 11) is 0. The first kappa shape index (κ1) is 23.8. The minimum absolute atomic E-state index is 0.128. The number of hydrogen-bond acceptors (Lipinski definition) is 6. The second-order valence-corrected chi connectivity index (χ2v) is 7.42. The van der Waals surface area contributed by atoms with Gasteiger partial charge < -0.3 is 14.6 Å². The smallest absolute Gasteiger partial charge is 0.507 e. The van der Waals surface area contributed by atoms with Gasteiger partial charge in [0.2, 0.25) is 0 Å². The number of aliphatic hydroxyl groups excluding tert-OH is 1. The molecule has 3 aromatic rings. The lowest BCUT2D eigenvalue weighted by molar-refractivity contribution is -0.274. The molecule has 1 aliphatic heterocycles. The zero-order valence-electron chi connectivity index (χ0n) is 18.3. The second kappa shape index (κ2) is 9.49. The van der Waals surface area contributed by atoms with Gasteiger partial charge in [0, 0.05) is 17.4 Å². The number of halogens is 3. The van der Waals surface area contributed by atoms with Gasteiger partial charge in [0.15, 0.2) is 0 Å². The van der Waals surface area contributed by atoms with E-state index in [1.165, 1.54) is 18.3 Å². The molecule has 2 heterocycles. The van der Waals surface area contributed by atoms with Gasteiger partial charge in [-0.1, -0.05) is 6.07 Å². The Morgan fingerprint density at radius 2 is 1.66 bits per heavy atom. The standard InChI is InChI=1S/C25H19F3N2O5/c1-2-34-17-10-6-15(7-11-17)22(31)20-21(19-5-3-4-14-29-19)30(24(33)23(20)32)16-8-12-18(13-9-16)35-25(26,27)28/h3-14,21,31H,2H2,1H3/b22-20-. The molecule has 1 aromatic heterocycles. The van der Waals surface area contributed by atoms with E-state index < -0.39 is 35.6 Å². The van der Waals surface area contributed by atoms with Gasteiger partial charge in [-0.15, -0.1) is 13.2 Å². The number of carbonyl (C=O) groups excluding carboxylic acids is 2. The maximum Gasteiger partial charge on any atom is 0.573 e. The Labute approximate surface area is 198 Å². The molecule has 4 rings (SSSR count). The Balaban J connectivity index is 1.80. The molecule has 0 spiro atoms. The van der Waals surface area contributed by atoms with Gasteiger partial charge in [0.05, 0.1) is 17.9 Å². The van der Waals surface area contributed by atoms with Crippen molar-refractivity contribution < 1.29 is 37.3 Å². The third-order valence-corrected chi connectivity index (χ3v) is 5.20. The molecule has 0 radical (unpaired) electrons. The number of alkyl halides is 3. The molecule has 180 valence electrons. The van der Waals surface area contributed by atoms with Gasteiger partial charge in [-0.25, -0.2) is 0 Å². The minimum Gasteiger partial charge on any atom is -0.507 e.